The third kappa shape index (κ3) is 7.75. The number of aromatic nitrogens is 1. The zero-order chi connectivity index (χ0) is 30.9. The molecule has 0 unspecified atom stereocenters. The number of carbonyl (C=O) groups is 3. The van der Waals surface area contributed by atoms with Crippen molar-refractivity contribution in [2.45, 2.75) is 96.3 Å². The summed E-state index contributed by atoms with van der Waals surface area (Å²) in [6, 6.07) is 7.94. The lowest BCUT2D eigenvalue weighted by Crippen LogP contribution is -2.64. The van der Waals surface area contributed by atoms with Crippen LogP contribution in [-0.2, 0) is 28.3 Å². The van der Waals surface area contributed by atoms with Gasteiger partial charge in [-0.15, -0.1) is 11.3 Å². The largest absolute Gasteiger partial charge is 0.427 e. The Morgan fingerprint density at radius 2 is 1.73 bits per heavy atom. The third-order valence-corrected chi connectivity index (χ3v) is 15.9. The van der Waals surface area contributed by atoms with E-state index in [0.29, 0.717) is 5.57 Å². The number of likely N-dealkylation sites (tertiary alicyclic amines) is 1. The fraction of sp³-hybridized carbons (Fsp3) is 0.586. The lowest BCUT2D eigenvalue weighted by atomic mass is 9.91. The van der Waals surface area contributed by atoms with E-state index in [4.69, 9.17) is 18.9 Å². The summed E-state index contributed by atoms with van der Waals surface area (Å²) in [4.78, 5) is 45.4. The number of thiazole rings is 1. The van der Waals surface area contributed by atoms with Crippen LogP contribution in [-0.4, -0.2) is 54.3 Å². The van der Waals surface area contributed by atoms with E-state index in [9.17, 15) is 14.4 Å². The summed E-state index contributed by atoms with van der Waals surface area (Å²) in [5.74, 6) is -1.86. The molecule has 12 heteroatoms. The van der Waals surface area contributed by atoms with Gasteiger partial charge in [0.2, 0.25) is 12.7 Å². The van der Waals surface area contributed by atoms with E-state index < -0.39 is 43.8 Å². The van der Waals surface area contributed by atoms with Gasteiger partial charge in [-0.2, -0.15) is 0 Å². The summed E-state index contributed by atoms with van der Waals surface area (Å²) in [6.45, 7) is 20.9. The lowest BCUT2D eigenvalue weighted by molar-refractivity contribution is -0.174. The van der Waals surface area contributed by atoms with Gasteiger partial charge in [-0.1, -0.05) is 43.7 Å². The molecule has 2 aromatic rings. The Bertz CT molecular complexity index is 1290. The van der Waals surface area contributed by atoms with Crippen LogP contribution in [0.2, 0.25) is 18.1 Å². The molecular weight excluding hydrogens is 597 g/mol. The maximum Gasteiger partial charge on any atom is 0.357 e. The number of fused-ring (bicyclic) bond motifs is 1. The van der Waals surface area contributed by atoms with Gasteiger partial charge in [0.15, 0.2) is 12.7 Å². The molecule has 3 atom stereocenters. The van der Waals surface area contributed by atoms with Crippen LogP contribution >= 0.6 is 32.9 Å². The molecule has 1 aliphatic heterocycles. The Balaban J connectivity index is 1.85. The molecule has 0 saturated carbocycles. The van der Waals surface area contributed by atoms with Gasteiger partial charge < -0.3 is 13.9 Å². The van der Waals surface area contributed by atoms with Crippen molar-refractivity contribution in [2.75, 3.05) is 6.79 Å². The molecule has 1 aromatic heterocycles. The predicted molar refractivity (Wildman–Crippen MR) is 170 cm³/mol. The molecule has 1 fully saturated rings. The molecule has 2 heterocycles. The van der Waals surface area contributed by atoms with E-state index in [2.05, 4.69) is 33.9 Å². The van der Waals surface area contributed by atoms with Gasteiger partial charge >= 0.3 is 11.9 Å². The fourth-order valence-electron chi connectivity index (χ4n) is 3.92. The summed E-state index contributed by atoms with van der Waals surface area (Å²) in [6.07, 6.45) is -0.352. The molecule has 1 saturated heterocycles. The van der Waals surface area contributed by atoms with E-state index in [1.54, 1.807) is 46.0 Å². The number of para-hydroxylation sites is 1. The first kappa shape index (κ1) is 33.6. The van der Waals surface area contributed by atoms with Crippen molar-refractivity contribution < 1.29 is 28.3 Å². The van der Waals surface area contributed by atoms with E-state index >= 15 is 0 Å². The maximum absolute atomic E-state index is 13.8. The number of ether oxygens (including phenoxy) is 2. The average Bonchev–Trinajstić information content (AvgIpc) is 3.25. The van der Waals surface area contributed by atoms with Gasteiger partial charge in [-0.3, -0.25) is 14.5 Å². The van der Waals surface area contributed by atoms with Gasteiger partial charge in [-0.05, 0) is 88.2 Å². The second-order valence-corrected chi connectivity index (χ2v) is 21.3. The summed E-state index contributed by atoms with van der Waals surface area (Å²) < 4.78 is 19.1. The molecule has 0 bridgehead atoms. The molecule has 0 aliphatic carbocycles. The fourth-order valence-corrected chi connectivity index (χ4v) is 9.45. The minimum atomic E-state index is -2.17. The minimum Gasteiger partial charge on any atom is -0.427 e. The monoisotopic (exact) mass is 638 g/mol. The average molecular weight is 639 g/mol. The molecule has 3 rings (SSSR count). The number of rotatable bonds is 10. The zero-order valence-corrected chi connectivity index (χ0v) is 29.3. The van der Waals surface area contributed by atoms with Crippen molar-refractivity contribution in [3.05, 3.63) is 35.5 Å². The number of carbonyl (C=O) groups excluding carboxylic acids is 3. The van der Waals surface area contributed by atoms with E-state index in [-0.39, 0.29) is 22.7 Å². The van der Waals surface area contributed by atoms with Crippen LogP contribution < -0.4 is 0 Å². The number of nitrogens with zero attached hydrogens (tertiary/aromatic N) is 2. The van der Waals surface area contributed by atoms with Crippen LogP contribution in [0.25, 0.3) is 10.2 Å². The van der Waals surface area contributed by atoms with Crippen molar-refractivity contribution in [1.29, 1.82) is 0 Å². The van der Waals surface area contributed by atoms with Crippen LogP contribution in [0.1, 0.15) is 62.3 Å². The van der Waals surface area contributed by atoms with Gasteiger partial charge in [0.1, 0.15) is 11.1 Å². The molecule has 226 valence electrons. The third-order valence-electron chi connectivity index (χ3n) is 7.27. The standard InChI is InChI=1S/C29H42N2O6S3Si/c1-17(2)22(25(33)35-16-36-26(34)28(4,5)6)31-23(32)21(18(3)37-41(10,11)29(7,8)9)24(31)39-40-27-30-19-14-12-13-15-20(19)38-27/h12-15,18,21,24H,16H2,1-11H3/t18-,21+,24+/m0/s1. The first-order valence-electron chi connectivity index (χ1n) is 13.6. The van der Waals surface area contributed by atoms with Crippen LogP contribution in [0.3, 0.4) is 0 Å². The number of esters is 2. The minimum absolute atomic E-state index is 0.0223. The number of allylic oxidation sites excluding steroid dienone is 1. The maximum atomic E-state index is 13.8. The Kier molecular flexibility index (Phi) is 10.5. The first-order valence-corrected chi connectivity index (χ1v) is 19.5. The smallest absolute Gasteiger partial charge is 0.357 e. The number of hydrogen-bond acceptors (Lipinski definition) is 10. The van der Waals surface area contributed by atoms with Crippen molar-refractivity contribution in [2.24, 2.45) is 11.3 Å². The van der Waals surface area contributed by atoms with Crippen molar-refractivity contribution in [3.63, 3.8) is 0 Å². The molecule has 0 spiro atoms. The van der Waals surface area contributed by atoms with Gasteiger partial charge in [0.05, 0.1) is 27.7 Å². The molecule has 1 amide bonds. The highest BCUT2D eigenvalue weighted by molar-refractivity contribution is 8.77. The highest BCUT2D eigenvalue weighted by atomic mass is 33.1. The SMILES string of the molecule is CC(C)=C(C(=O)OCOC(=O)C(C)(C)C)N1C(=O)[C@@H]([C@H](C)O[Si](C)(C)C(C)(C)C)[C@H]1SSc1nc2ccccc2s1. The van der Waals surface area contributed by atoms with Gasteiger partial charge in [-0.25, -0.2) is 9.78 Å². The van der Waals surface area contributed by atoms with Gasteiger partial charge in [0, 0.05) is 0 Å². The van der Waals surface area contributed by atoms with Crippen LogP contribution in [0.15, 0.2) is 39.9 Å². The lowest BCUT2D eigenvalue weighted by Gasteiger charge is -2.50. The summed E-state index contributed by atoms with van der Waals surface area (Å²) in [5.41, 5.74) is 0.968. The normalized spacial score (nSPS) is 18.6. The predicted octanol–water partition coefficient (Wildman–Crippen LogP) is 7.62. The Hall–Kier alpha value is -1.86. The van der Waals surface area contributed by atoms with Crippen molar-refractivity contribution in [1.82, 2.24) is 9.88 Å². The number of amides is 1. The molecule has 0 N–H and O–H groups in total. The van der Waals surface area contributed by atoms with Gasteiger partial charge in [0.25, 0.3) is 0 Å². The van der Waals surface area contributed by atoms with Crippen LogP contribution in [0.5, 0.6) is 0 Å². The molecule has 0 radical (unpaired) electrons. The number of β-lactam (4-membered cyclic amide) rings is 1. The van der Waals surface area contributed by atoms with E-state index in [1.807, 2.05) is 31.2 Å². The molecule has 1 aromatic carbocycles. The van der Waals surface area contributed by atoms with Crippen LogP contribution in [0, 0.1) is 11.3 Å². The molecule has 41 heavy (non-hydrogen) atoms. The second kappa shape index (κ2) is 12.8. The number of hydrogen-bond donors (Lipinski definition) is 0. The zero-order valence-electron chi connectivity index (χ0n) is 25.8. The highest BCUT2D eigenvalue weighted by Crippen LogP contribution is 2.50. The quantitative estimate of drug-likeness (QED) is 0.0650. The van der Waals surface area contributed by atoms with Crippen molar-refractivity contribution in [3.8, 4) is 0 Å². The van der Waals surface area contributed by atoms with Crippen LogP contribution in [0.4, 0.5) is 0 Å². The Morgan fingerprint density at radius 3 is 2.29 bits per heavy atom. The first-order chi connectivity index (χ1) is 18.8. The topological polar surface area (TPSA) is 95.0 Å². The Morgan fingerprint density at radius 1 is 1.10 bits per heavy atom. The number of benzene rings is 1. The molecular formula is C29H42N2O6S3Si. The van der Waals surface area contributed by atoms with Crippen molar-refractivity contribution >= 4 is 69.3 Å². The molecule has 1 aliphatic rings. The molecule has 8 nitrogen and oxygen atoms in total. The van der Waals surface area contributed by atoms with E-state index in [0.717, 1.165) is 14.6 Å². The highest BCUT2D eigenvalue weighted by Gasteiger charge is 2.55. The Labute approximate surface area is 256 Å². The second-order valence-electron chi connectivity index (χ2n) is 12.9. The summed E-state index contributed by atoms with van der Waals surface area (Å²) in [5, 5.41) is -0.417. The summed E-state index contributed by atoms with van der Waals surface area (Å²) in [7, 11) is 0.807. The summed E-state index contributed by atoms with van der Waals surface area (Å²) >= 11 is 1.59. The van der Waals surface area contributed by atoms with E-state index in [1.165, 1.54) is 26.5 Å².